The van der Waals surface area contributed by atoms with Crippen molar-refractivity contribution in [2.75, 3.05) is 0 Å². The first kappa shape index (κ1) is 13.7. The fraction of sp³-hybridized carbons (Fsp3) is 0.500. The van der Waals surface area contributed by atoms with E-state index >= 15 is 0 Å². The average molecular weight is 285 g/mol. The van der Waals surface area contributed by atoms with E-state index in [9.17, 15) is 0 Å². The zero-order chi connectivity index (χ0) is 13.0. The van der Waals surface area contributed by atoms with Crippen molar-refractivity contribution in [3.05, 3.63) is 29.0 Å². The zero-order valence-electron chi connectivity index (χ0n) is 10.6. The molecular weight excluding hydrogens is 267 g/mol. The fourth-order valence-corrected chi connectivity index (χ4v) is 2.56. The van der Waals surface area contributed by atoms with Crippen LogP contribution in [0, 0.1) is 0 Å². The maximum atomic E-state index is 6.05. The Kier molecular flexibility index (Phi) is 4.90. The van der Waals surface area contributed by atoms with Crippen molar-refractivity contribution in [1.29, 1.82) is 0 Å². The molecule has 0 amide bonds. The summed E-state index contributed by atoms with van der Waals surface area (Å²) in [6.45, 7) is 3.19. The Labute approximate surface area is 118 Å². The van der Waals surface area contributed by atoms with Gasteiger partial charge in [0.1, 0.15) is 5.82 Å². The van der Waals surface area contributed by atoms with E-state index in [0.717, 1.165) is 34.8 Å². The summed E-state index contributed by atoms with van der Waals surface area (Å²) in [6.07, 6.45) is 4.94. The molecule has 0 saturated carbocycles. The molecule has 0 fully saturated rings. The van der Waals surface area contributed by atoms with Crippen molar-refractivity contribution in [3.63, 3.8) is 0 Å². The van der Waals surface area contributed by atoms with E-state index < -0.39 is 0 Å². The third-order valence-electron chi connectivity index (χ3n) is 3.14. The van der Waals surface area contributed by atoms with Crippen molar-refractivity contribution in [2.45, 2.75) is 45.0 Å². The summed E-state index contributed by atoms with van der Waals surface area (Å²) >= 11 is 12.0. The molecule has 1 heterocycles. The number of unbranched alkanes of at least 4 members (excludes halogenated alkanes) is 3. The highest BCUT2D eigenvalue weighted by atomic mass is 35.5. The van der Waals surface area contributed by atoms with Crippen LogP contribution in [0.4, 0.5) is 0 Å². The van der Waals surface area contributed by atoms with E-state index in [0.29, 0.717) is 5.88 Å². The minimum Gasteiger partial charge on any atom is -0.327 e. The summed E-state index contributed by atoms with van der Waals surface area (Å²) in [7, 11) is 0. The van der Waals surface area contributed by atoms with E-state index in [1.54, 1.807) is 0 Å². The highest BCUT2D eigenvalue weighted by Gasteiger charge is 2.09. The molecular formula is C14H18Cl2N2. The molecule has 0 unspecified atom stereocenters. The molecule has 1 aromatic heterocycles. The number of halogens is 2. The van der Waals surface area contributed by atoms with Crippen LogP contribution in [0.1, 0.15) is 38.4 Å². The van der Waals surface area contributed by atoms with Gasteiger partial charge in [-0.3, -0.25) is 0 Å². The van der Waals surface area contributed by atoms with E-state index in [4.69, 9.17) is 23.2 Å². The quantitative estimate of drug-likeness (QED) is 0.539. The van der Waals surface area contributed by atoms with Gasteiger partial charge in [-0.15, -0.1) is 11.6 Å². The predicted octanol–water partition coefficient (Wildman–Crippen LogP) is 5.01. The van der Waals surface area contributed by atoms with Crippen molar-refractivity contribution in [3.8, 4) is 0 Å². The van der Waals surface area contributed by atoms with E-state index in [1.165, 1.54) is 19.3 Å². The number of aromatic nitrogens is 2. The second kappa shape index (κ2) is 6.44. The van der Waals surface area contributed by atoms with Gasteiger partial charge in [-0.05, 0) is 24.6 Å². The number of rotatable bonds is 6. The van der Waals surface area contributed by atoms with Gasteiger partial charge < -0.3 is 4.57 Å². The zero-order valence-corrected chi connectivity index (χ0v) is 12.1. The van der Waals surface area contributed by atoms with Crippen molar-refractivity contribution < 1.29 is 0 Å². The number of imidazole rings is 1. The van der Waals surface area contributed by atoms with Crippen LogP contribution in [0.5, 0.6) is 0 Å². The number of aryl methyl sites for hydroxylation is 1. The highest BCUT2D eigenvalue weighted by molar-refractivity contribution is 6.31. The third-order valence-corrected chi connectivity index (χ3v) is 3.62. The largest absolute Gasteiger partial charge is 0.327 e. The van der Waals surface area contributed by atoms with E-state index in [1.807, 2.05) is 18.2 Å². The number of nitrogens with zero attached hydrogens (tertiary/aromatic N) is 2. The van der Waals surface area contributed by atoms with Crippen LogP contribution in [-0.4, -0.2) is 9.55 Å². The molecule has 0 N–H and O–H groups in total. The Bertz CT molecular complexity index is 520. The molecule has 1 aromatic carbocycles. The molecule has 0 spiro atoms. The normalized spacial score (nSPS) is 11.3. The second-order valence-corrected chi connectivity index (χ2v) is 5.21. The maximum absolute atomic E-state index is 6.05. The molecule has 0 aliphatic carbocycles. The minimum absolute atomic E-state index is 0.445. The van der Waals surface area contributed by atoms with Gasteiger partial charge in [0.05, 0.1) is 16.9 Å². The molecule has 0 aliphatic heterocycles. The first-order valence-electron chi connectivity index (χ1n) is 6.47. The minimum atomic E-state index is 0.445. The Morgan fingerprint density at radius 1 is 1.22 bits per heavy atom. The number of hydrogen-bond acceptors (Lipinski definition) is 1. The van der Waals surface area contributed by atoms with Crippen LogP contribution in [-0.2, 0) is 12.4 Å². The van der Waals surface area contributed by atoms with Gasteiger partial charge in [0.15, 0.2) is 0 Å². The molecule has 4 heteroatoms. The van der Waals surface area contributed by atoms with Crippen LogP contribution in [0.3, 0.4) is 0 Å². The summed E-state index contributed by atoms with van der Waals surface area (Å²) in [5.41, 5.74) is 2.07. The molecule has 0 aliphatic rings. The molecule has 0 atom stereocenters. The summed E-state index contributed by atoms with van der Waals surface area (Å²) in [4.78, 5) is 4.54. The van der Waals surface area contributed by atoms with Gasteiger partial charge in [0.2, 0.25) is 0 Å². The molecule has 2 nitrogen and oxygen atoms in total. The number of benzene rings is 1. The lowest BCUT2D eigenvalue weighted by atomic mass is 10.2. The lowest BCUT2D eigenvalue weighted by Crippen LogP contribution is -2.02. The molecule has 2 aromatic rings. The Morgan fingerprint density at radius 3 is 2.78 bits per heavy atom. The van der Waals surface area contributed by atoms with Gasteiger partial charge in [0.25, 0.3) is 0 Å². The van der Waals surface area contributed by atoms with Gasteiger partial charge in [-0.1, -0.05) is 37.8 Å². The van der Waals surface area contributed by atoms with Crippen molar-refractivity contribution >= 4 is 34.2 Å². The second-order valence-electron chi connectivity index (χ2n) is 4.51. The average Bonchev–Trinajstić information content (AvgIpc) is 2.72. The molecule has 0 radical (unpaired) electrons. The SMILES string of the molecule is CCCCCCn1c(CCl)nc2ccc(Cl)cc21. The Morgan fingerprint density at radius 2 is 2.06 bits per heavy atom. The lowest BCUT2D eigenvalue weighted by Gasteiger charge is -2.07. The van der Waals surface area contributed by atoms with Crippen molar-refractivity contribution in [2.24, 2.45) is 0 Å². The van der Waals surface area contributed by atoms with Gasteiger partial charge in [-0.2, -0.15) is 0 Å². The first-order chi connectivity index (χ1) is 8.76. The molecule has 0 saturated heterocycles. The van der Waals surface area contributed by atoms with Crippen LogP contribution in [0.15, 0.2) is 18.2 Å². The fourth-order valence-electron chi connectivity index (χ4n) is 2.19. The van der Waals surface area contributed by atoms with Gasteiger partial charge in [-0.25, -0.2) is 4.98 Å². The van der Waals surface area contributed by atoms with Crippen LogP contribution in [0.25, 0.3) is 11.0 Å². The molecule has 0 bridgehead atoms. The Balaban J connectivity index is 2.25. The number of fused-ring (bicyclic) bond motifs is 1. The third kappa shape index (κ3) is 2.99. The molecule has 18 heavy (non-hydrogen) atoms. The van der Waals surface area contributed by atoms with Crippen LogP contribution in [0.2, 0.25) is 5.02 Å². The molecule has 98 valence electrons. The van der Waals surface area contributed by atoms with Gasteiger partial charge in [0, 0.05) is 11.6 Å². The highest BCUT2D eigenvalue weighted by Crippen LogP contribution is 2.22. The summed E-state index contributed by atoms with van der Waals surface area (Å²) in [6, 6.07) is 5.80. The standard InChI is InChI=1S/C14H18Cl2N2/c1-2-3-4-5-8-18-13-9-11(16)6-7-12(13)17-14(18)10-15/h6-7,9H,2-5,8,10H2,1H3. The molecule has 2 rings (SSSR count). The van der Waals surface area contributed by atoms with E-state index in [-0.39, 0.29) is 0 Å². The summed E-state index contributed by atoms with van der Waals surface area (Å²) in [5, 5.41) is 0.748. The maximum Gasteiger partial charge on any atom is 0.124 e. The van der Waals surface area contributed by atoms with Gasteiger partial charge >= 0.3 is 0 Å². The lowest BCUT2D eigenvalue weighted by molar-refractivity contribution is 0.581. The van der Waals surface area contributed by atoms with Crippen molar-refractivity contribution in [1.82, 2.24) is 9.55 Å². The van der Waals surface area contributed by atoms with Crippen LogP contribution < -0.4 is 0 Å². The topological polar surface area (TPSA) is 17.8 Å². The first-order valence-corrected chi connectivity index (χ1v) is 7.38. The predicted molar refractivity (Wildman–Crippen MR) is 78.4 cm³/mol. The summed E-state index contributed by atoms with van der Waals surface area (Å²) in [5.74, 6) is 1.38. The monoisotopic (exact) mass is 284 g/mol. The van der Waals surface area contributed by atoms with E-state index in [2.05, 4.69) is 16.5 Å². The summed E-state index contributed by atoms with van der Waals surface area (Å²) < 4.78 is 2.20. The van der Waals surface area contributed by atoms with Crippen LogP contribution >= 0.6 is 23.2 Å². The number of hydrogen-bond donors (Lipinski definition) is 0. The number of alkyl halides is 1. The smallest absolute Gasteiger partial charge is 0.124 e. The Hall–Kier alpha value is -0.730.